The standard InChI is InChI=1S/C18H30N2O2/c1-13(2)17-16(14-10-8-6-5-7-9-11-14)19-20-18(3,4)12-15(21)22-17/h8,10,13-14,16-17H,5-7,9,11-12H2,1-4H3. The van der Waals surface area contributed by atoms with E-state index in [0.29, 0.717) is 12.3 Å². The highest BCUT2D eigenvalue weighted by molar-refractivity contribution is 5.71. The number of nitrogens with zero attached hydrogens (tertiary/aromatic N) is 2. The number of hydrogen-bond acceptors (Lipinski definition) is 4. The van der Waals surface area contributed by atoms with Crippen LogP contribution in [0.15, 0.2) is 22.4 Å². The minimum absolute atomic E-state index is 0.0575. The van der Waals surface area contributed by atoms with Gasteiger partial charge in [0.15, 0.2) is 0 Å². The van der Waals surface area contributed by atoms with Crippen LogP contribution in [0.1, 0.15) is 66.2 Å². The van der Waals surface area contributed by atoms with Crippen molar-refractivity contribution in [3.05, 3.63) is 12.2 Å². The number of ether oxygens (including phenoxy) is 1. The van der Waals surface area contributed by atoms with Crippen molar-refractivity contribution in [3.8, 4) is 0 Å². The first-order valence-corrected chi connectivity index (χ1v) is 8.67. The van der Waals surface area contributed by atoms with Crippen molar-refractivity contribution < 1.29 is 9.53 Å². The molecule has 0 saturated heterocycles. The van der Waals surface area contributed by atoms with Crippen LogP contribution in [0.25, 0.3) is 0 Å². The molecule has 3 atom stereocenters. The lowest BCUT2D eigenvalue weighted by Gasteiger charge is -2.34. The molecule has 1 aliphatic heterocycles. The van der Waals surface area contributed by atoms with E-state index in [1.807, 2.05) is 13.8 Å². The second-order valence-corrected chi connectivity index (χ2v) is 7.62. The van der Waals surface area contributed by atoms with Gasteiger partial charge >= 0.3 is 5.97 Å². The Labute approximate surface area is 134 Å². The van der Waals surface area contributed by atoms with Crippen LogP contribution in [-0.2, 0) is 9.53 Å². The number of carbonyl (C=O) groups is 1. The van der Waals surface area contributed by atoms with E-state index in [4.69, 9.17) is 4.74 Å². The number of carbonyl (C=O) groups excluding carboxylic acids is 1. The fraction of sp³-hybridized carbons (Fsp3) is 0.833. The van der Waals surface area contributed by atoms with Crippen LogP contribution in [0.2, 0.25) is 0 Å². The Morgan fingerprint density at radius 1 is 1.27 bits per heavy atom. The van der Waals surface area contributed by atoms with E-state index in [0.717, 1.165) is 12.8 Å². The van der Waals surface area contributed by atoms with Gasteiger partial charge in [-0.05, 0) is 39.0 Å². The molecule has 0 bridgehead atoms. The zero-order chi connectivity index (χ0) is 16.2. The molecule has 22 heavy (non-hydrogen) atoms. The summed E-state index contributed by atoms with van der Waals surface area (Å²) in [7, 11) is 0. The smallest absolute Gasteiger partial charge is 0.308 e. The third-order valence-corrected chi connectivity index (χ3v) is 4.53. The molecule has 0 aromatic heterocycles. The van der Waals surface area contributed by atoms with Crippen molar-refractivity contribution in [1.29, 1.82) is 0 Å². The summed E-state index contributed by atoms with van der Waals surface area (Å²) < 4.78 is 5.80. The molecule has 0 fully saturated rings. The molecule has 4 heteroatoms. The van der Waals surface area contributed by atoms with Crippen molar-refractivity contribution in [2.75, 3.05) is 0 Å². The average Bonchev–Trinajstić information content (AvgIpc) is 2.36. The molecule has 0 spiro atoms. The van der Waals surface area contributed by atoms with Gasteiger partial charge in [-0.3, -0.25) is 4.79 Å². The summed E-state index contributed by atoms with van der Waals surface area (Å²) in [5, 5.41) is 9.17. The van der Waals surface area contributed by atoms with E-state index in [1.54, 1.807) is 0 Å². The predicted octanol–water partition coefficient (Wildman–Crippen LogP) is 4.69. The Kier molecular flexibility index (Phi) is 5.76. The molecule has 124 valence electrons. The number of rotatable bonds is 2. The van der Waals surface area contributed by atoms with Crippen LogP contribution >= 0.6 is 0 Å². The Balaban J connectivity index is 2.30. The lowest BCUT2D eigenvalue weighted by Crippen LogP contribution is -2.42. The zero-order valence-electron chi connectivity index (χ0n) is 14.4. The number of esters is 1. The number of allylic oxidation sites excluding steroid dienone is 1. The van der Waals surface area contributed by atoms with E-state index in [9.17, 15) is 4.79 Å². The fourth-order valence-corrected chi connectivity index (χ4v) is 3.27. The van der Waals surface area contributed by atoms with Crippen LogP contribution in [0.4, 0.5) is 0 Å². The molecule has 0 amide bonds. The van der Waals surface area contributed by atoms with Crippen molar-refractivity contribution in [3.63, 3.8) is 0 Å². The molecule has 1 aliphatic carbocycles. The van der Waals surface area contributed by atoms with Gasteiger partial charge in [0.2, 0.25) is 0 Å². The number of hydrogen-bond donors (Lipinski definition) is 0. The average molecular weight is 306 g/mol. The van der Waals surface area contributed by atoms with Gasteiger partial charge in [-0.2, -0.15) is 10.2 Å². The summed E-state index contributed by atoms with van der Waals surface area (Å²) >= 11 is 0. The normalized spacial score (nSPS) is 32.8. The molecule has 4 nitrogen and oxygen atoms in total. The van der Waals surface area contributed by atoms with Gasteiger partial charge < -0.3 is 4.74 Å². The van der Waals surface area contributed by atoms with Crippen molar-refractivity contribution in [1.82, 2.24) is 0 Å². The maximum atomic E-state index is 12.2. The Morgan fingerprint density at radius 3 is 2.77 bits per heavy atom. The topological polar surface area (TPSA) is 51.0 Å². The third-order valence-electron chi connectivity index (χ3n) is 4.53. The monoisotopic (exact) mass is 306 g/mol. The second-order valence-electron chi connectivity index (χ2n) is 7.62. The molecular weight excluding hydrogens is 276 g/mol. The summed E-state index contributed by atoms with van der Waals surface area (Å²) in [6.45, 7) is 8.08. The molecular formula is C18H30N2O2. The molecule has 2 aliphatic rings. The summed E-state index contributed by atoms with van der Waals surface area (Å²) in [5.41, 5.74) is -0.470. The maximum Gasteiger partial charge on any atom is 0.308 e. The van der Waals surface area contributed by atoms with Gasteiger partial charge in [0.1, 0.15) is 12.1 Å². The quantitative estimate of drug-likeness (QED) is 0.548. The first-order chi connectivity index (χ1) is 10.4. The summed E-state index contributed by atoms with van der Waals surface area (Å²) in [5.74, 6) is 0.410. The van der Waals surface area contributed by atoms with Gasteiger partial charge in [0.05, 0.1) is 12.0 Å². The lowest BCUT2D eigenvalue weighted by atomic mass is 9.84. The van der Waals surface area contributed by atoms with Gasteiger partial charge in [-0.15, -0.1) is 0 Å². The first-order valence-electron chi connectivity index (χ1n) is 8.67. The molecule has 0 radical (unpaired) electrons. The lowest BCUT2D eigenvalue weighted by molar-refractivity contribution is -0.155. The van der Waals surface area contributed by atoms with Crippen LogP contribution in [-0.4, -0.2) is 23.7 Å². The minimum atomic E-state index is -0.470. The van der Waals surface area contributed by atoms with Crippen molar-refractivity contribution in [2.24, 2.45) is 22.1 Å². The maximum absolute atomic E-state index is 12.2. The Morgan fingerprint density at radius 2 is 2.05 bits per heavy atom. The highest BCUT2D eigenvalue weighted by atomic mass is 16.5. The van der Waals surface area contributed by atoms with Gasteiger partial charge in [-0.1, -0.05) is 38.8 Å². The van der Waals surface area contributed by atoms with Crippen molar-refractivity contribution >= 4 is 5.97 Å². The number of cyclic esters (lactones) is 1. The fourth-order valence-electron chi connectivity index (χ4n) is 3.27. The van der Waals surface area contributed by atoms with E-state index < -0.39 is 5.54 Å². The zero-order valence-corrected chi connectivity index (χ0v) is 14.4. The van der Waals surface area contributed by atoms with Gasteiger partial charge in [0, 0.05) is 5.92 Å². The first kappa shape index (κ1) is 17.2. The molecule has 1 heterocycles. The van der Waals surface area contributed by atoms with E-state index >= 15 is 0 Å². The molecule has 2 rings (SSSR count). The van der Waals surface area contributed by atoms with Crippen LogP contribution in [0, 0.1) is 11.8 Å². The SMILES string of the molecule is CC(C)C1OC(=O)CC(C)(C)N=NC1C1C=CCCCCC1. The summed E-state index contributed by atoms with van der Waals surface area (Å²) in [6.07, 6.45) is 10.6. The molecule has 0 aromatic carbocycles. The molecule has 0 N–H and O–H groups in total. The number of azo groups is 1. The summed E-state index contributed by atoms with van der Waals surface area (Å²) in [6, 6.07) is -0.0575. The van der Waals surface area contributed by atoms with E-state index in [1.165, 1.54) is 19.3 Å². The molecule has 3 unspecified atom stereocenters. The van der Waals surface area contributed by atoms with E-state index in [2.05, 4.69) is 36.2 Å². The van der Waals surface area contributed by atoms with Crippen LogP contribution < -0.4 is 0 Å². The largest absolute Gasteiger partial charge is 0.460 e. The Hall–Kier alpha value is -1.19. The molecule has 0 aromatic rings. The highest BCUT2D eigenvalue weighted by Crippen LogP contribution is 2.31. The van der Waals surface area contributed by atoms with Crippen LogP contribution in [0.5, 0.6) is 0 Å². The van der Waals surface area contributed by atoms with E-state index in [-0.39, 0.29) is 24.0 Å². The third kappa shape index (κ3) is 4.65. The molecule has 0 saturated carbocycles. The second kappa shape index (κ2) is 7.38. The van der Waals surface area contributed by atoms with Crippen LogP contribution in [0.3, 0.4) is 0 Å². The summed E-state index contributed by atoms with van der Waals surface area (Å²) in [4.78, 5) is 12.2. The van der Waals surface area contributed by atoms with Crippen molar-refractivity contribution in [2.45, 2.75) is 83.9 Å². The van der Waals surface area contributed by atoms with Gasteiger partial charge in [0.25, 0.3) is 0 Å². The Bertz CT molecular complexity index is 440. The highest BCUT2D eigenvalue weighted by Gasteiger charge is 2.37. The predicted molar refractivity (Wildman–Crippen MR) is 87.8 cm³/mol. The minimum Gasteiger partial charge on any atom is -0.460 e. The van der Waals surface area contributed by atoms with Gasteiger partial charge in [-0.25, -0.2) is 0 Å².